The predicted octanol–water partition coefficient (Wildman–Crippen LogP) is 5.16. The Labute approximate surface area is 198 Å². The predicted molar refractivity (Wildman–Crippen MR) is 130 cm³/mol. The molecule has 0 radical (unpaired) electrons. The first-order valence-corrected chi connectivity index (χ1v) is 11.5. The molecule has 1 aromatic heterocycles. The van der Waals surface area contributed by atoms with Crippen molar-refractivity contribution in [3.63, 3.8) is 0 Å². The average Bonchev–Trinajstić information content (AvgIpc) is 3.14. The lowest BCUT2D eigenvalue weighted by Gasteiger charge is -2.25. The molecule has 172 valence electrons. The summed E-state index contributed by atoms with van der Waals surface area (Å²) in [5, 5.41) is 11.3. The second-order valence-corrected chi connectivity index (χ2v) is 8.98. The highest BCUT2D eigenvalue weighted by Crippen LogP contribution is 2.42. The number of amides is 1. The molecule has 1 fully saturated rings. The van der Waals surface area contributed by atoms with Gasteiger partial charge in [-0.1, -0.05) is 32.0 Å². The van der Waals surface area contributed by atoms with Crippen LogP contribution in [0.1, 0.15) is 54.5 Å². The van der Waals surface area contributed by atoms with E-state index in [4.69, 9.17) is 4.74 Å². The van der Waals surface area contributed by atoms with Crippen LogP contribution in [-0.4, -0.2) is 28.4 Å². The second kappa shape index (κ2) is 8.78. The van der Waals surface area contributed by atoms with Crippen molar-refractivity contribution in [3.05, 3.63) is 94.8 Å². The van der Waals surface area contributed by atoms with Crippen molar-refractivity contribution in [2.45, 2.75) is 38.6 Å². The maximum absolute atomic E-state index is 13.3. The van der Waals surface area contributed by atoms with Crippen LogP contribution in [0.4, 0.5) is 5.69 Å². The minimum atomic E-state index is -0.786. The first kappa shape index (κ1) is 21.9. The zero-order valence-corrected chi connectivity index (χ0v) is 19.2. The van der Waals surface area contributed by atoms with E-state index in [2.05, 4.69) is 18.8 Å². The van der Waals surface area contributed by atoms with E-state index in [0.717, 1.165) is 29.7 Å². The van der Waals surface area contributed by atoms with Crippen LogP contribution in [-0.2, 0) is 16.0 Å². The van der Waals surface area contributed by atoms with E-state index in [1.165, 1.54) is 4.90 Å². The Kier molecular flexibility index (Phi) is 5.65. The van der Waals surface area contributed by atoms with Crippen molar-refractivity contribution >= 4 is 23.1 Å². The number of aliphatic hydroxyl groups excluding tert-OH is 1. The first-order chi connectivity index (χ1) is 16.5. The lowest BCUT2D eigenvalue weighted by Crippen LogP contribution is -2.29. The molecule has 6 nitrogen and oxygen atoms in total. The van der Waals surface area contributed by atoms with E-state index < -0.39 is 17.7 Å². The lowest BCUT2D eigenvalue weighted by molar-refractivity contribution is -0.132. The van der Waals surface area contributed by atoms with Gasteiger partial charge in [0.25, 0.3) is 11.7 Å². The van der Waals surface area contributed by atoms with Crippen molar-refractivity contribution in [1.82, 2.24) is 4.98 Å². The average molecular weight is 455 g/mol. The standard InChI is InChI=1S/C28H26N2O4/c1-17(2)18-7-10-22(11-8-18)30-25(21-5-3-13-29-16-21)24(27(32)28(30)33)26(31)20-9-12-23-19(15-20)6-4-14-34-23/h3,5,7-13,15-17,25,31H,4,6,14H2,1-2H3/b26-24-. The minimum absolute atomic E-state index is 0.0580. The van der Waals surface area contributed by atoms with Gasteiger partial charge in [0, 0.05) is 23.6 Å². The molecular weight excluding hydrogens is 428 g/mol. The van der Waals surface area contributed by atoms with Gasteiger partial charge in [-0.2, -0.15) is 0 Å². The Bertz CT molecular complexity index is 1280. The highest BCUT2D eigenvalue weighted by Gasteiger charge is 2.47. The molecule has 0 spiro atoms. The van der Waals surface area contributed by atoms with Crippen molar-refractivity contribution in [2.75, 3.05) is 11.5 Å². The van der Waals surface area contributed by atoms with Crippen LogP contribution in [0.15, 0.2) is 72.6 Å². The van der Waals surface area contributed by atoms with E-state index in [9.17, 15) is 14.7 Å². The first-order valence-electron chi connectivity index (χ1n) is 11.5. The fourth-order valence-corrected chi connectivity index (χ4v) is 4.63. The monoisotopic (exact) mass is 454 g/mol. The highest BCUT2D eigenvalue weighted by atomic mass is 16.5. The van der Waals surface area contributed by atoms with Gasteiger partial charge in [-0.25, -0.2) is 0 Å². The molecule has 1 unspecified atom stereocenters. The molecule has 2 aromatic carbocycles. The quantitative estimate of drug-likeness (QED) is 0.335. The van der Waals surface area contributed by atoms with Crippen molar-refractivity contribution in [3.8, 4) is 5.75 Å². The maximum Gasteiger partial charge on any atom is 0.300 e. The third-order valence-electron chi connectivity index (χ3n) is 6.46. The topological polar surface area (TPSA) is 79.7 Å². The normalized spacial score (nSPS) is 19.3. The number of aromatic nitrogens is 1. The van der Waals surface area contributed by atoms with Crippen LogP contribution in [0.3, 0.4) is 0 Å². The number of pyridine rings is 1. The number of aliphatic hydroxyl groups is 1. The van der Waals surface area contributed by atoms with E-state index >= 15 is 0 Å². The number of benzene rings is 2. The van der Waals surface area contributed by atoms with E-state index in [1.54, 1.807) is 24.5 Å². The number of fused-ring (bicyclic) bond motifs is 1. The maximum atomic E-state index is 13.3. The summed E-state index contributed by atoms with van der Waals surface area (Å²) in [7, 11) is 0. The molecule has 0 bridgehead atoms. The van der Waals surface area contributed by atoms with Gasteiger partial charge in [0.2, 0.25) is 0 Å². The molecule has 1 atom stereocenters. The summed E-state index contributed by atoms with van der Waals surface area (Å²) < 4.78 is 5.68. The van der Waals surface area contributed by atoms with Crippen molar-refractivity contribution < 1.29 is 19.4 Å². The Morgan fingerprint density at radius 2 is 1.91 bits per heavy atom. The summed E-state index contributed by atoms with van der Waals surface area (Å²) >= 11 is 0. The molecule has 0 saturated carbocycles. The number of ketones is 1. The Hall–Kier alpha value is -3.93. The third kappa shape index (κ3) is 3.75. The van der Waals surface area contributed by atoms with E-state index in [0.29, 0.717) is 29.3 Å². The number of Topliss-reactive ketones (excluding diaryl/α,β-unsaturated/α-hetero) is 1. The number of carbonyl (C=O) groups is 2. The Balaban J connectivity index is 1.65. The van der Waals surface area contributed by atoms with Crippen LogP contribution in [0, 0.1) is 0 Å². The second-order valence-electron chi connectivity index (χ2n) is 8.98. The molecule has 6 heteroatoms. The summed E-state index contributed by atoms with van der Waals surface area (Å²) in [5.74, 6) is -0.451. The van der Waals surface area contributed by atoms with Gasteiger partial charge in [-0.3, -0.25) is 19.5 Å². The summed E-state index contributed by atoms with van der Waals surface area (Å²) in [4.78, 5) is 32.2. The Morgan fingerprint density at radius 1 is 1.12 bits per heavy atom. The van der Waals surface area contributed by atoms with Crippen LogP contribution in [0.25, 0.3) is 5.76 Å². The van der Waals surface area contributed by atoms with Crippen LogP contribution < -0.4 is 9.64 Å². The molecule has 34 heavy (non-hydrogen) atoms. The molecule has 3 heterocycles. The van der Waals surface area contributed by atoms with Crippen molar-refractivity contribution in [2.24, 2.45) is 0 Å². The zero-order chi connectivity index (χ0) is 23.8. The number of nitrogens with zero attached hydrogens (tertiary/aromatic N) is 2. The smallest absolute Gasteiger partial charge is 0.300 e. The number of rotatable bonds is 4. The van der Waals surface area contributed by atoms with Crippen molar-refractivity contribution in [1.29, 1.82) is 0 Å². The summed E-state index contributed by atoms with van der Waals surface area (Å²) in [6.07, 6.45) is 4.99. The Morgan fingerprint density at radius 3 is 2.62 bits per heavy atom. The van der Waals surface area contributed by atoms with E-state index in [1.807, 2.05) is 42.5 Å². The summed E-state index contributed by atoms with van der Waals surface area (Å²) in [6, 6.07) is 15.8. The molecule has 1 saturated heterocycles. The number of hydrogen-bond acceptors (Lipinski definition) is 5. The van der Waals surface area contributed by atoms with Gasteiger partial charge in [0.05, 0.1) is 18.2 Å². The molecule has 5 rings (SSSR count). The molecular formula is C28H26N2O4. The fraction of sp³-hybridized carbons (Fsp3) is 0.250. The van der Waals surface area contributed by atoms with Gasteiger partial charge < -0.3 is 9.84 Å². The molecule has 1 N–H and O–H groups in total. The van der Waals surface area contributed by atoms with Gasteiger partial charge in [-0.15, -0.1) is 0 Å². The number of anilines is 1. The zero-order valence-electron chi connectivity index (χ0n) is 19.2. The molecule has 2 aliphatic heterocycles. The number of ether oxygens (including phenoxy) is 1. The number of hydrogen-bond donors (Lipinski definition) is 1. The van der Waals surface area contributed by atoms with Gasteiger partial charge in [-0.05, 0) is 71.8 Å². The van der Waals surface area contributed by atoms with E-state index in [-0.39, 0.29) is 11.3 Å². The molecule has 1 amide bonds. The summed E-state index contributed by atoms with van der Waals surface area (Å²) in [6.45, 7) is 4.86. The largest absolute Gasteiger partial charge is 0.507 e. The minimum Gasteiger partial charge on any atom is -0.507 e. The molecule has 0 aliphatic carbocycles. The SMILES string of the molecule is CC(C)c1ccc(N2C(=O)C(=O)/C(=C(\O)c3ccc4c(c3)CCCO4)C2c2cccnc2)cc1. The van der Waals surface area contributed by atoms with Gasteiger partial charge in [0.15, 0.2) is 0 Å². The fourth-order valence-electron chi connectivity index (χ4n) is 4.63. The highest BCUT2D eigenvalue weighted by molar-refractivity contribution is 6.51. The van der Waals surface area contributed by atoms with Crippen LogP contribution in [0.5, 0.6) is 5.75 Å². The molecule has 2 aliphatic rings. The lowest BCUT2D eigenvalue weighted by atomic mass is 9.94. The van der Waals surface area contributed by atoms with Gasteiger partial charge >= 0.3 is 0 Å². The third-order valence-corrected chi connectivity index (χ3v) is 6.46. The number of carbonyl (C=O) groups excluding carboxylic acids is 2. The molecule has 3 aromatic rings. The van der Waals surface area contributed by atoms with Gasteiger partial charge in [0.1, 0.15) is 11.5 Å². The number of aryl methyl sites for hydroxylation is 1. The van der Waals surface area contributed by atoms with Crippen LogP contribution >= 0.6 is 0 Å². The van der Waals surface area contributed by atoms with Crippen LogP contribution in [0.2, 0.25) is 0 Å². The summed E-state index contributed by atoms with van der Waals surface area (Å²) in [5.41, 5.74) is 3.91.